The maximum Gasteiger partial charge on any atom is 0.0457 e. The van der Waals surface area contributed by atoms with E-state index in [1.54, 1.807) is 11.9 Å². The molecule has 0 aliphatic carbocycles. The molecule has 0 saturated heterocycles. The predicted molar refractivity (Wildman–Crippen MR) is 76.3 cm³/mol. The third-order valence-corrected chi connectivity index (χ3v) is 3.63. The van der Waals surface area contributed by atoms with Gasteiger partial charge in [0.1, 0.15) is 0 Å². The number of aromatic amines is 1. The van der Waals surface area contributed by atoms with Crippen molar-refractivity contribution in [2.24, 2.45) is 0 Å². The summed E-state index contributed by atoms with van der Waals surface area (Å²) in [5.41, 5.74) is 3.99. The van der Waals surface area contributed by atoms with Gasteiger partial charge in [0.25, 0.3) is 0 Å². The number of nitrogens with one attached hydrogen (secondary N) is 3. The second-order valence-corrected chi connectivity index (χ2v) is 5.03. The molecular formula is C13H19N3S. The number of likely N-dealkylation sites (N-methyl/N-ethyl adjacent to an activating group) is 1. The maximum absolute atomic E-state index is 3.33. The van der Waals surface area contributed by atoms with E-state index in [0.717, 1.165) is 18.7 Å². The molecule has 0 atom stereocenters. The minimum absolute atomic E-state index is 1.00. The van der Waals surface area contributed by atoms with Gasteiger partial charge in [0, 0.05) is 22.9 Å². The van der Waals surface area contributed by atoms with E-state index in [-0.39, 0.29) is 0 Å². The highest BCUT2D eigenvalue weighted by Crippen LogP contribution is 2.21. The van der Waals surface area contributed by atoms with E-state index in [9.17, 15) is 0 Å². The minimum atomic E-state index is 1.00. The first-order valence-electron chi connectivity index (χ1n) is 5.87. The summed E-state index contributed by atoms with van der Waals surface area (Å²) in [5, 5.41) is 4.55. The summed E-state index contributed by atoms with van der Waals surface area (Å²) >= 11 is 1.72. The Hall–Kier alpha value is -0.970. The summed E-state index contributed by atoms with van der Waals surface area (Å²) in [5.74, 6) is 1.00. The number of fused-ring (bicyclic) bond motifs is 1. The Bertz CT molecular complexity index is 478. The summed E-state index contributed by atoms with van der Waals surface area (Å²) in [4.78, 5) is 3.33. The standard InChI is InChI=1S/C13H19N3S/c1-14-6-5-11-8-16-13-4-3-10(7-12(11)13)9-17-15-2/h3-4,7-8,14-16H,5-6,9H2,1-2H3. The lowest BCUT2D eigenvalue weighted by Crippen LogP contribution is -2.09. The SMILES string of the molecule is CNCCc1c[nH]c2ccc(CSNC)cc12. The van der Waals surface area contributed by atoms with Crippen molar-refractivity contribution in [2.45, 2.75) is 12.2 Å². The van der Waals surface area contributed by atoms with Crippen LogP contribution in [0.25, 0.3) is 10.9 Å². The number of aromatic nitrogens is 1. The van der Waals surface area contributed by atoms with Crippen LogP contribution in [0.1, 0.15) is 11.1 Å². The lowest BCUT2D eigenvalue weighted by molar-refractivity contribution is 0.795. The van der Waals surface area contributed by atoms with Crippen molar-refractivity contribution in [1.29, 1.82) is 0 Å². The molecule has 2 aromatic rings. The monoisotopic (exact) mass is 249 g/mol. The molecule has 0 spiro atoms. The maximum atomic E-state index is 3.33. The van der Waals surface area contributed by atoms with Crippen LogP contribution in [0.15, 0.2) is 24.4 Å². The van der Waals surface area contributed by atoms with Gasteiger partial charge in [-0.05, 0) is 50.3 Å². The van der Waals surface area contributed by atoms with Crippen molar-refractivity contribution in [1.82, 2.24) is 15.0 Å². The minimum Gasteiger partial charge on any atom is -0.361 e. The molecule has 0 radical (unpaired) electrons. The number of hydrogen-bond acceptors (Lipinski definition) is 3. The molecule has 1 heterocycles. The van der Waals surface area contributed by atoms with Gasteiger partial charge >= 0.3 is 0 Å². The van der Waals surface area contributed by atoms with Crippen LogP contribution < -0.4 is 10.0 Å². The first-order chi connectivity index (χ1) is 8.35. The van der Waals surface area contributed by atoms with Crippen LogP contribution in [-0.2, 0) is 12.2 Å². The van der Waals surface area contributed by atoms with Gasteiger partial charge in [0.05, 0.1) is 0 Å². The Labute approximate surface area is 107 Å². The van der Waals surface area contributed by atoms with E-state index in [0.29, 0.717) is 0 Å². The van der Waals surface area contributed by atoms with E-state index in [2.05, 4.69) is 39.4 Å². The molecule has 4 heteroatoms. The average Bonchev–Trinajstić information content (AvgIpc) is 2.76. The molecule has 3 nitrogen and oxygen atoms in total. The Balaban J connectivity index is 2.23. The van der Waals surface area contributed by atoms with Crippen molar-refractivity contribution in [3.63, 3.8) is 0 Å². The molecule has 1 aromatic carbocycles. The van der Waals surface area contributed by atoms with Gasteiger partial charge < -0.3 is 10.3 Å². The fourth-order valence-corrected chi connectivity index (χ4v) is 2.43. The Morgan fingerprint density at radius 1 is 1.29 bits per heavy atom. The Kier molecular flexibility index (Phi) is 4.48. The zero-order valence-corrected chi connectivity index (χ0v) is 11.2. The van der Waals surface area contributed by atoms with Crippen LogP contribution in [0.4, 0.5) is 0 Å². The highest BCUT2D eigenvalue weighted by atomic mass is 32.2. The van der Waals surface area contributed by atoms with Crippen LogP contribution in [0.3, 0.4) is 0 Å². The third kappa shape index (κ3) is 3.03. The van der Waals surface area contributed by atoms with E-state index in [4.69, 9.17) is 0 Å². The molecule has 0 bridgehead atoms. The summed E-state index contributed by atoms with van der Waals surface area (Å²) in [6.45, 7) is 1.02. The molecule has 0 unspecified atom stereocenters. The van der Waals surface area contributed by atoms with Gasteiger partial charge in [-0.1, -0.05) is 18.0 Å². The van der Waals surface area contributed by atoms with Gasteiger partial charge in [-0.15, -0.1) is 0 Å². The van der Waals surface area contributed by atoms with Crippen molar-refractivity contribution in [2.75, 3.05) is 20.6 Å². The van der Waals surface area contributed by atoms with Gasteiger partial charge in [-0.25, -0.2) is 0 Å². The highest BCUT2D eigenvalue weighted by Gasteiger charge is 2.04. The molecule has 0 aliphatic rings. The van der Waals surface area contributed by atoms with Gasteiger partial charge in [-0.2, -0.15) is 0 Å². The van der Waals surface area contributed by atoms with Crippen molar-refractivity contribution in [3.8, 4) is 0 Å². The van der Waals surface area contributed by atoms with Crippen molar-refractivity contribution >= 4 is 22.9 Å². The molecule has 0 amide bonds. The summed E-state index contributed by atoms with van der Waals surface area (Å²) in [7, 11) is 3.95. The van der Waals surface area contributed by atoms with E-state index in [1.807, 2.05) is 14.1 Å². The van der Waals surface area contributed by atoms with Crippen LogP contribution in [0.2, 0.25) is 0 Å². The molecule has 0 aliphatic heterocycles. The third-order valence-electron chi connectivity index (χ3n) is 2.86. The zero-order chi connectivity index (χ0) is 12.1. The van der Waals surface area contributed by atoms with E-state index >= 15 is 0 Å². The largest absolute Gasteiger partial charge is 0.361 e. The summed E-state index contributed by atoms with van der Waals surface area (Å²) in [6, 6.07) is 6.65. The molecule has 2 rings (SSSR count). The fourth-order valence-electron chi connectivity index (χ4n) is 1.94. The molecule has 3 N–H and O–H groups in total. The van der Waals surface area contributed by atoms with Crippen LogP contribution in [0, 0.1) is 0 Å². The highest BCUT2D eigenvalue weighted by molar-refractivity contribution is 7.96. The van der Waals surface area contributed by atoms with Crippen LogP contribution in [0.5, 0.6) is 0 Å². The molecular weight excluding hydrogens is 230 g/mol. The summed E-state index contributed by atoms with van der Waals surface area (Å²) in [6.07, 6.45) is 3.19. The quantitative estimate of drug-likeness (QED) is 0.688. The first-order valence-corrected chi connectivity index (χ1v) is 6.85. The first kappa shape index (κ1) is 12.5. The smallest absolute Gasteiger partial charge is 0.0457 e. The second kappa shape index (κ2) is 6.10. The lowest BCUT2D eigenvalue weighted by atomic mass is 10.1. The van der Waals surface area contributed by atoms with Crippen LogP contribution in [-0.4, -0.2) is 25.6 Å². The summed E-state index contributed by atoms with van der Waals surface area (Å²) < 4.78 is 3.11. The number of benzene rings is 1. The Morgan fingerprint density at radius 3 is 2.94 bits per heavy atom. The van der Waals surface area contributed by atoms with E-state index in [1.165, 1.54) is 22.0 Å². The average molecular weight is 249 g/mol. The normalized spacial score (nSPS) is 11.2. The van der Waals surface area contributed by atoms with Gasteiger partial charge in [0.15, 0.2) is 0 Å². The number of rotatable bonds is 6. The molecule has 92 valence electrons. The number of hydrogen-bond donors (Lipinski definition) is 3. The number of H-pyrrole nitrogens is 1. The molecule has 1 aromatic heterocycles. The Morgan fingerprint density at radius 2 is 2.18 bits per heavy atom. The topological polar surface area (TPSA) is 39.9 Å². The van der Waals surface area contributed by atoms with E-state index < -0.39 is 0 Å². The predicted octanol–water partition coefficient (Wildman–Crippen LogP) is 2.30. The fraction of sp³-hybridized carbons (Fsp3) is 0.385. The van der Waals surface area contributed by atoms with Crippen molar-refractivity contribution < 1.29 is 0 Å². The lowest BCUT2D eigenvalue weighted by Gasteiger charge is -2.02. The van der Waals surface area contributed by atoms with Crippen LogP contribution >= 0.6 is 11.9 Å². The molecule has 0 fully saturated rings. The van der Waals surface area contributed by atoms with Gasteiger partial charge in [0.2, 0.25) is 0 Å². The second-order valence-electron chi connectivity index (χ2n) is 4.04. The zero-order valence-electron chi connectivity index (χ0n) is 10.3. The van der Waals surface area contributed by atoms with Crippen molar-refractivity contribution in [3.05, 3.63) is 35.5 Å². The molecule has 0 saturated carbocycles. The van der Waals surface area contributed by atoms with Gasteiger partial charge in [-0.3, -0.25) is 4.72 Å². The molecule has 17 heavy (non-hydrogen) atoms.